The predicted molar refractivity (Wildman–Crippen MR) is 56.3 cm³/mol. The van der Waals surface area contributed by atoms with Crippen LogP contribution in [0.4, 0.5) is 0 Å². The first-order valence-corrected chi connectivity index (χ1v) is 4.91. The molecular formula is C5H2Cl6O2. The maximum Gasteiger partial charge on any atom is 0.328 e. The van der Waals surface area contributed by atoms with E-state index in [1.165, 1.54) is 0 Å². The van der Waals surface area contributed by atoms with Crippen LogP contribution in [0, 0.1) is 0 Å². The van der Waals surface area contributed by atoms with Gasteiger partial charge in [-0.2, -0.15) is 0 Å². The predicted octanol–water partition coefficient (Wildman–Crippen LogP) is 3.74. The molecule has 13 heavy (non-hydrogen) atoms. The van der Waals surface area contributed by atoms with Crippen LogP contribution in [0.25, 0.3) is 0 Å². The van der Waals surface area contributed by atoms with Gasteiger partial charge in [-0.25, -0.2) is 4.79 Å². The number of rotatable bonds is 1. The summed E-state index contributed by atoms with van der Waals surface area (Å²) in [5, 5.41) is 8.38. The first-order chi connectivity index (χ1) is 5.55. The molecule has 0 radical (unpaired) electrons. The second-order valence-electron chi connectivity index (χ2n) is 1.89. The lowest BCUT2D eigenvalue weighted by molar-refractivity contribution is -0.131. The van der Waals surface area contributed by atoms with Crippen LogP contribution in [0.2, 0.25) is 0 Å². The van der Waals surface area contributed by atoms with Crippen LogP contribution in [-0.2, 0) is 4.79 Å². The molecule has 0 aromatic heterocycles. The van der Waals surface area contributed by atoms with Crippen LogP contribution in [0.3, 0.4) is 0 Å². The number of halogens is 6. The number of aliphatic carboxylic acids is 1. The number of allylic oxidation sites excluding steroid dienone is 1. The largest absolute Gasteiger partial charge is 0.478 e. The highest BCUT2D eigenvalue weighted by Gasteiger charge is 2.40. The number of alkyl halides is 6. The Labute approximate surface area is 104 Å². The molecule has 0 saturated carbocycles. The molecule has 0 rings (SSSR count). The van der Waals surface area contributed by atoms with Gasteiger partial charge < -0.3 is 5.11 Å². The number of carbonyl (C=O) groups is 1. The van der Waals surface area contributed by atoms with E-state index in [2.05, 4.69) is 0 Å². The highest BCUT2D eigenvalue weighted by molar-refractivity contribution is 6.75. The van der Waals surface area contributed by atoms with Gasteiger partial charge in [-0.05, 0) is 0 Å². The lowest BCUT2D eigenvalue weighted by atomic mass is 10.3. The molecule has 76 valence electrons. The maximum absolute atomic E-state index is 10.3. The van der Waals surface area contributed by atoms with Crippen molar-refractivity contribution in [3.63, 3.8) is 0 Å². The van der Waals surface area contributed by atoms with Crippen LogP contribution >= 0.6 is 69.6 Å². The third-order valence-electron chi connectivity index (χ3n) is 0.879. The average molecular weight is 307 g/mol. The summed E-state index contributed by atoms with van der Waals surface area (Å²) in [6.07, 6.45) is 0.542. The second-order valence-corrected chi connectivity index (χ2v) is 6.45. The Morgan fingerprint density at radius 1 is 1.00 bits per heavy atom. The average Bonchev–Trinajstić information content (AvgIpc) is 1.77. The number of carboxylic acids is 1. The van der Waals surface area contributed by atoms with E-state index < -0.39 is 19.1 Å². The third kappa shape index (κ3) is 5.40. The number of carboxylic acid groups (broad SMARTS) is 1. The maximum atomic E-state index is 10.3. The molecule has 0 bridgehead atoms. The number of hydrogen-bond acceptors (Lipinski definition) is 1. The van der Waals surface area contributed by atoms with Gasteiger partial charge in [0.2, 0.25) is 7.59 Å². The molecule has 0 amide bonds. The van der Waals surface area contributed by atoms with E-state index in [-0.39, 0.29) is 0 Å². The molecule has 0 aromatic rings. The molecule has 0 aliphatic rings. The quantitative estimate of drug-likeness (QED) is 0.592. The van der Waals surface area contributed by atoms with Gasteiger partial charge in [0, 0.05) is 11.6 Å². The van der Waals surface area contributed by atoms with Crippen molar-refractivity contribution < 1.29 is 9.90 Å². The topological polar surface area (TPSA) is 37.3 Å². The SMILES string of the molecule is O=C(O)C=C(C(Cl)(Cl)Cl)C(Cl)(Cl)Cl. The Morgan fingerprint density at radius 3 is 1.38 bits per heavy atom. The normalized spacial score (nSPS) is 12.5. The molecule has 0 aliphatic carbocycles. The van der Waals surface area contributed by atoms with Crippen molar-refractivity contribution in [2.24, 2.45) is 0 Å². The van der Waals surface area contributed by atoms with Gasteiger partial charge >= 0.3 is 5.97 Å². The molecule has 1 N–H and O–H groups in total. The Kier molecular flexibility index (Phi) is 4.99. The van der Waals surface area contributed by atoms with Crippen LogP contribution in [0.5, 0.6) is 0 Å². The minimum Gasteiger partial charge on any atom is -0.478 e. The molecule has 0 fully saturated rings. The molecule has 0 spiro atoms. The Bertz CT molecular complexity index is 218. The van der Waals surface area contributed by atoms with Crippen LogP contribution < -0.4 is 0 Å². The van der Waals surface area contributed by atoms with Crippen molar-refractivity contribution >= 4 is 75.6 Å². The monoisotopic (exact) mass is 304 g/mol. The zero-order valence-electron chi connectivity index (χ0n) is 5.70. The second kappa shape index (κ2) is 4.65. The number of hydrogen-bond donors (Lipinski definition) is 1. The van der Waals surface area contributed by atoms with E-state index in [4.69, 9.17) is 74.7 Å². The molecule has 2 nitrogen and oxygen atoms in total. The van der Waals surface area contributed by atoms with Crippen molar-refractivity contribution in [3.05, 3.63) is 11.6 Å². The van der Waals surface area contributed by atoms with Gasteiger partial charge in [-0.1, -0.05) is 69.6 Å². The van der Waals surface area contributed by atoms with E-state index in [1.807, 2.05) is 0 Å². The highest BCUT2D eigenvalue weighted by Crippen LogP contribution is 2.47. The summed E-state index contributed by atoms with van der Waals surface area (Å²) in [4.78, 5) is 10.3. The van der Waals surface area contributed by atoms with E-state index in [9.17, 15) is 4.79 Å². The van der Waals surface area contributed by atoms with Gasteiger partial charge in [0.1, 0.15) is 0 Å². The van der Waals surface area contributed by atoms with E-state index >= 15 is 0 Å². The Balaban J connectivity index is 5.13. The zero-order chi connectivity index (χ0) is 10.9. The fourth-order valence-electron chi connectivity index (χ4n) is 0.448. The van der Waals surface area contributed by atoms with E-state index in [1.54, 1.807) is 0 Å². The Hall–Kier alpha value is 0.950. The molecule has 8 heteroatoms. The summed E-state index contributed by atoms with van der Waals surface area (Å²) >= 11 is 32.2. The summed E-state index contributed by atoms with van der Waals surface area (Å²) in [5.41, 5.74) is -0.442. The molecule has 0 heterocycles. The highest BCUT2D eigenvalue weighted by atomic mass is 35.6. The van der Waals surface area contributed by atoms with Gasteiger partial charge in [0.25, 0.3) is 0 Å². The molecule has 0 aromatic carbocycles. The fourth-order valence-corrected chi connectivity index (χ4v) is 2.06. The first kappa shape index (κ1) is 13.9. The van der Waals surface area contributed by atoms with Crippen molar-refractivity contribution in [2.75, 3.05) is 0 Å². The van der Waals surface area contributed by atoms with Gasteiger partial charge in [0.15, 0.2) is 0 Å². The fraction of sp³-hybridized carbons (Fsp3) is 0.400. The summed E-state index contributed by atoms with van der Waals surface area (Å²) in [6, 6.07) is 0. The lowest BCUT2D eigenvalue weighted by Crippen LogP contribution is -2.21. The molecule has 0 saturated heterocycles. The minimum absolute atomic E-state index is 0.442. The smallest absolute Gasteiger partial charge is 0.328 e. The van der Waals surface area contributed by atoms with Gasteiger partial charge in [0.05, 0.1) is 0 Å². The standard InChI is InChI=1S/C5H2Cl6O2/c6-4(7,8)2(1-3(12)13)5(9,10)11/h1H,(H,12,13). The summed E-state index contributed by atoms with van der Waals surface area (Å²) in [7, 11) is 0. The van der Waals surface area contributed by atoms with E-state index in [0.29, 0.717) is 6.08 Å². The van der Waals surface area contributed by atoms with Crippen molar-refractivity contribution in [3.8, 4) is 0 Å². The lowest BCUT2D eigenvalue weighted by Gasteiger charge is -2.21. The first-order valence-electron chi connectivity index (χ1n) is 2.64. The molecule has 0 unspecified atom stereocenters. The van der Waals surface area contributed by atoms with Gasteiger partial charge in [-0.15, -0.1) is 0 Å². The zero-order valence-corrected chi connectivity index (χ0v) is 10.2. The van der Waals surface area contributed by atoms with Crippen molar-refractivity contribution in [1.29, 1.82) is 0 Å². The third-order valence-corrected chi connectivity index (χ3v) is 2.10. The Morgan fingerprint density at radius 2 is 1.31 bits per heavy atom. The molecule has 0 atom stereocenters. The van der Waals surface area contributed by atoms with Gasteiger partial charge in [-0.3, -0.25) is 0 Å². The van der Waals surface area contributed by atoms with Crippen LogP contribution in [-0.4, -0.2) is 18.7 Å². The van der Waals surface area contributed by atoms with Crippen LogP contribution in [0.1, 0.15) is 0 Å². The minimum atomic E-state index is -2.07. The summed E-state index contributed by atoms with van der Waals surface area (Å²) in [6.45, 7) is 0. The van der Waals surface area contributed by atoms with E-state index in [0.717, 1.165) is 0 Å². The van der Waals surface area contributed by atoms with Crippen LogP contribution in [0.15, 0.2) is 11.6 Å². The van der Waals surface area contributed by atoms with Crippen molar-refractivity contribution in [2.45, 2.75) is 7.59 Å². The summed E-state index contributed by atoms with van der Waals surface area (Å²) in [5.74, 6) is -1.37. The molecular weight excluding hydrogens is 305 g/mol. The summed E-state index contributed by atoms with van der Waals surface area (Å²) < 4.78 is -4.13. The van der Waals surface area contributed by atoms with Crippen molar-refractivity contribution in [1.82, 2.24) is 0 Å². The molecule has 0 aliphatic heterocycles.